The molecule has 210 valence electrons. The van der Waals surface area contributed by atoms with Crippen LogP contribution in [0.3, 0.4) is 0 Å². The fourth-order valence-corrected chi connectivity index (χ4v) is 4.36. The number of aryl methyl sites for hydroxylation is 1. The van der Waals surface area contributed by atoms with Gasteiger partial charge in [0.1, 0.15) is 35.5 Å². The Balaban J connectivity index is 1.68. The fraction of sp³-hybridized carbons (Fsp3) is 0.240. The highest BCUT2D eigenvalue weighted by Crippen LogP contribution is 2.27. The van der Waals surface area contributed by atoms with E-state index in [1.165, 1.54) is 35.4 Å². The minimum absolute atomic E-state index is 0.0128. The Morgan fingerprint density at radius 2 is 1.82 bits per heavy atom. The van der Waals surface area contributed by atoms with Crippen molar-refractivity contribution in [2.75, 3.05) is 19.1 Å². The van der Waals surface area contributed by atoms with Gasteiger partial charge in [0.05, 0.1) is 19.9 Å². The SMILES string of the molecule is COc1ccc(OCC(O)Cn2c(NN=Cc3c(Br)ccc(O)c3C(=O)O)nc3c2c(=O)n(C)c(=O)n3C)cc1. The van der Waals surface area contributed by atoms with E-state index in [0.717, 1.165) is 10.8 Å². The molecule has 14 nitrogen and oxygen atoms in total. The van der Waals surface area contributed by atoms with Crippen molar-refractivity contribution >= 4 is 45.2 Å². The molecular formula is C25H25BrN6O8. The number of aliphatic hydroxyl groups excluding tert-OH is 1. The lowest BCUT2D eigenvalue weighted by Gasteiger charge is -2.15. The summed E-state index contributed by atoms with van der Waals surface area (Å²) in [5.41, 5.74) is 1.15. The van der Waals surface area contributed by atoms with Crippen LogP contribution in [-0.2, 0) is 20.6 Å². The van der Waals surface area contributed by atoms with Crippen molar-refractivity contribution in [3.8, 4) is 17.2 Å². The molecule has 2 aromatic carbocycles. The van der Waals surface area contributed by atoms with Crippen LogP contribution in [0.25, 0.3) is 11.2 Å². The van der Waals surface area contributed by atoms with Gasteiger partial charge in [-0.3, -0.25) is 13.9 Å². The van der Waals surface area contributed by atoms with Gasteiger partial charge in [-0.1, -0.05) is 15.9 Å². The summed E-state index contributed by atoms with van der Waals surface area (Å²) in [5.74, 6) is -0.707. The molecule has 4 rings (SSSR count). The third-order valence-corrected chi connectivity index (χ3v) is 6.68. The number of aliphatic hydroxyl groups is 1. The van der Waals surface area contributed by atoms with Crippen LogP contribution in [0, 0.1) is 0 Å². The minimum Gasteiger partial charge on any atom is -0.507 e. The van der Waals surface area contributed by atoms with Crippen LogP contribution in [0.1, 0.15) is 15.9 Å². The topological polar surface area (TPSA) is 182 Å². The van der Waals surface area contributed by atoms with E-state index in [4.69, 9.17) is 9.47 Å². The number of carbonyl (C=O) groups is 1. The summed E-state index contributed by atoms with van der Waals surface area (Å²) in [6.07, 6.45) is 0.0295. The van der Waals surface area contributed by atoms with Gasteiger partial charge in [-0.15, -0.1) is 0 Å². The van der Waals surface area contributed by atoms with Gasteiger partial charge in [0.2, 0.25) is 5.95 Å². The van der Waals surface area contributed by atoms with E-state index < -0.39 is 29.1 Å². The molecule has 1 atom stereocenters. The van der Waals surface area contributed by atoms with E-state index in [1.54, 1.807) is 31.4 Å². The van der Waals surface area contributed by atoms with Crippen LogP contribution >= 0.6 is 15.9 Å². The number of nitrogens with zero attached hydrogens (tertiary/aromatic N) is 5. The molecule has 0 aliphatic heterocycles. The molecular weight excluding hydrogens is 592 g/mol. The van der Waals surface area contributed by atoms with Gasteiger partial charge in [0, 0.05) is 24.1 Å². The van der Waals surface area contributed by atoms with Crippen molar-refractivity contribution in [3.05, 3.63) is 72.8 Å². The van der Waals surface area contributed by atoms with Crippen molar-refractivity contribution in [2.45, 2.75) is 12.6 Å². The van der Waals surface area contributed by atoms with Crippen LogP contribution < -0.4 is 26.1 Å². The number of methoxy groups -OCH3 is 1. The number of halogens is 1. The van der Waals surface area contributed by atoms with Crippen molar-refractivity contribution < 1.29 is 29.6 Å². The molecule has 1 unspecified atom stereocenters. The Morgan fingerprint density at radius 3 is 2.48 bits per heavy atom. The first-order valence-electron chi connectivity index (χ1n) is 11.7. The molecule has 0 aliphatic rings. The number of nitrogens with one attached hydrogen (secondary N) is 1. The number of hydrogen-bond acceptors (Lipinski definition) is 10. The van der Waals surface area contributed by atoms with E-state index in [-0.39, 0.29) is 41.4 Å². The highest BCUT2D eigenvalue weighted by Gasteiger charge is 2.22. The van der Waals surface area contributed by atoms with Gasteiger partial charge in [-0.25, -0.2) is 15.0 Å². The van der Waals surface area contributed by atoms with Crippen LogP contribution in [0.4, 0.5) is 5.95 Å². The number of imidazole rings is 1. The third-order valence-electron chi connectivity index (χ3n) is 5.99. The van der Waals surface area contributed by atoms with E-state index in [0.29, 0.717) is 16.0 Å². The lowest BCUT2D eigenvalue weighted by molar-refractivity contribution is 0.0693. The van der Waals surface area contributed by atoms with Crippen molar-refractivity contribution in [2.24, 2.45) is 19.2 Å². The monoisotopic (exact) mass is 616 g/mol. The van der Waals surface area contributed by atoms with Crippen LogP contribution in [0.2, 0.25) is 0 Å². The molecule has 0 radical (unpaired) electrons. The number of anilines is 1. The average molecular weight is 617 g/mol. The zero-order valence-electron chi connectivity index (χ0n) is 21.5. The van der Waals surface area contributed by atoms with Gasteiger partial charge in [-0.2, -0.15) is 10.1 Å². The Hall–Kier alpha value is -4.63. The number of benzene rings is 2. The molecule has 0 spiro atoms. The number of carboxylic acids is 1. The highest BCUT2D eigenvalue weighted by molar-refractivity contribution is 9.10. The zero-order valence-corrected chi connectivity index (χ0v) is 23.1. The summed E-state index contributed by atoms with van der Waals surface area (Å²) in [5, 5.41) is 34.3. The first-order chi connectivity index (χ1) is 19.0. The van der Waals surface area contributed by atoms with Gasteiger partial charge in [0.25, 0.3) is 5.56 Å². The van der Waals surface area contributed by atoms with Gasteiger partial charge >= 0.3 is 11.7 Å². The molecule has 4 aromatic rings. The number of ether oxygens (including phenoxy) is 2. The Morgan fingerprint density at radius 1 is 1.15 bits per heavy atom. The maximum Gasteiger partial charge on any atom is 0.340 e. The van der Waals surface area contributed by atoms with Crippen molar-refractivity contribution in [3.63, 3.8) is 0 Å². The number of fused-ring (bicyclic) bond motifs is 1. The van der Waals surface area contributed by atoms with Gasteiger partial charge < -0.3 is 29.4 Å². The number of hydrogen-bond donors (Lipinski definition) is 4. The second-order valence-corrected chi connectivity index (χ2v) is 9.45. The largest absolute Gasteiger partial charge is 0.507 e. The van der Waals surface area contributed by atoms with E-state index in [1.807, 2.05) is 0 Å². The molecule has 0 fully saturated rings. The number of aromatic nitrogens is 4. The van der Waals surface area contributed by atoms with Crippen LogP contribution in [0.5, 0.6) is 17.2 Å². The summed E-state index contributed by atoms with van der Waals surface area (Å²) in [6, 6.07) is 9.44. The van der Waals surface area contributed by atoms with Crippen molar-refractivity contribution in [1.82, 2.24) is 18.7 Å². The van der Waals surface area contributed by atoms with E-state index in [9.17, 15) is 29.7 Å². The molecule has 0 bridgehead atoms. The molecule has 15 heteroatoms. The maximum atomic E-state index is 13.1. The summed E-state index contributed by atoms with van der Waals surface area (Å²) in [4.78, 5) is 41.5. The first kappa shape index (κ1) is 28.4. The van der Waals surface area contributed by atoms with Gasteiger partial charge in [-0.05, 0) is 36.4 Å². The maximum absolute atomic E-state index is 13.1. The Bertz CT molecular complexity index is 1720. The molecule has 0 amide bonds. The Labute approximate surface area is 234 Å². The summed E-state index contributed by atoms with van der Waals surface area (Å²) in [6.45, 7) is -0.312. The molecule has 4 N–H and O–H groups in total. The standard InChI is InChI=1S/C25H25BrN6O8/c1-30-21-20(22(35)31(2)25(30)38)32(11-13(33)12-40-15-6-4-14(39-3)5-7-15)24(28-21)29-27-10-16-17(26)8-9-18(34)19(16)23(36)37/h4-10,13,33-34H,11-12H2,1-3H3,(H,28,29)(H,36,37). The summed E-state index contributed by atoms with van der Waals surface area (Å²) in [7, 11) is 4.31. The van der Waals surface area contributed by atoms with Crippen LogP contribution in [-0.4, -0.2) is 66.0 Å². The molecule has 0 aliphatic carbocycles. The summed E-state index contributed by atoms with van der Waals surface area (Å²) < 4.78 is 14.6. The summed E-state index contributed by atoms with van der Waals surface area (Å²) >= 11 is 3.24. The highest BCUT2D eigenvalue weighted by atomic mass is 79.9. The number of carboxylic acid groups (broad SMARTS) is 1. The number of phenols is 1. The molecule has 2 heterocycles. The number of aromatic hydroxyl groups is 1. The second-order valence-electron chi connectivity index (χ2n) is 8.59. The molecule has 0 saturated heterocycles. The molecule has 0 saturated carbocycles. The second kappa shape index (κ2) is 11.6. The Kier molecular flexibility index (Phi) is 8.25. The number of rotatable bonds is 10. The third kappa shape index (κ3) is 5.55. The fourth-order valence-electron chi connectivity index (χ4n) is 3.93. The van der Waals surface area contributed by atoms with Crippen LogP contribution in [0.15, 0.2) is 55.6 Å². The number of aromatic carboxylic acids is 1. The number of hydrazone groups is 1. The van der Waals surface area contributed by atoms with E-state index >= 15 is 0 Å². The van der Waals surface area contributed by atoms with Gasteiger partial charge in [0.15, 0.2) is 11.2 Å². The van der Waals surface area contributed by atoms with Crippen molar-refractivity contribution in [1.29, 1.82) is 0 Å². The predicted molar refractivity (Wildman–Crippen MR) is 149 cm³/mol. The predicted octanol–water partition coefficient (Wildman–Crippen LogP) is 1.49. The first-order valence-corrected chi connectivity index (χ1v) is 12.5. The molecule has 40 heavy (non-hydrogen) atoms. The lowest BCUT2D eigenvalue weighted by Crippen LogP contribution is -2.38. The average Bonchev–Trinajstić information content (AvgIpc) is 3.29. The smallest absolute Gasteiger partial charge is 0.340 e. The quantitative estimate of drug-likeness (QED) is 0.150. The zero-order chi connectivity index (χ0) is 29.1. The molecule has 2 aromatic heterocycles. The normalized spacial score (nSPS) is 12.1. The van der Waals surface area contributed by atoms with E-state index in [2.05, 4.69) is 31.4 Å². The lowest BCUT2D eigenvalue weighted by atomic mass is 10.1. The minimum atomic E-state index is -1.37.